The largest absolute Gasteiger partial charge is 0.380 e. The molecule has 0 radical (unpaired) electrons. The number of hydrogen-bond acceptors (Lipinski definition) is 4. The highest BCUT2D eigenvalue weighted by atomic mass is 16.5. The number of ether oxygens (including phenoxy) is 1. The molecular weight excluding hydrogens is 226 g/mol. The van der Waals surface area contributed by atoms with E-state index in [0.717, 1.165) is 32.8 Å². The highest BCUT2D eigenvalue weighted by Crippen LogP contribution is 2.23. The fraction of sp³-hybridized carbons (Fsp3) is 0.571. The monoisotopic (exact) mass is 249 g/mol. The lowest BCUT2D eigenvalue weighted by Gasteiger charge is -2.19. The molecule has 0 saturated carbocycles. The van der Waals surface area contributed by atoms with E-state index in [1.807, 2.05) is 6.92 Å². The smallest absolute Gasteiger partial charge is 0.0590 e. The van der Waals surface area contributed by atoms with E-state index in [2.05, 4.69) is 46.5 Å². The van der Waals surface area contributed by atoms with Gasteiger partial charge < -0.3 is 10.1 Å². The van der Waals surface area contributed by atoms with E-state index in [-0.39, 0.29) is 0 Å². The topological polar surface area (TPSA) is 45.3 Å². The van der Waals surface area contributed by atoms with Crippen LogP contribution in [0.4, 0.5) is 0 Å². The van der Waals surface area contributed by atoms with Crippen LogP contribution in [0, 0.1) is 5.92 Å². The first-order valence-corrected chi connectivity index (χ1v) is 6.73. The Morgan fingerprint density at radius 1 is 1.33 bits per heavy atom. The van der Waals surface area contributed by atoms with Gasteiger partial charge in [0, 0.05) is 32.2 Å². The van der Waals surface area contributed by atoms with Crippen molar-refractivity contribution in [2.75, 3.05) is 32.8 Å². The first-order chi connectivity index (χ1) is 8.92. The van der Waals surface area contributed by atoms with Crippen LogP contribution in [-0.4, -0.2) is 32.8 Å². The van der Waals surface area contributed by atoms with E-state index in [0.29, 0.717) is 12.0 Å². The van der Waals surface area contributed by atoms with Crippen LogP contribution in [0.15, 0.2) is 30.3 Å². The second-order valence-corrected chi connectivity index (χ2v) is 4.57. The average molecular weight is 249 g/mol. The Labute approximate surface area is 109 Å². The predicted octanol–water partition coefficient (Wildman–Crippen LogP) is 1.08. The van der Waals surface area contributed by atoms with Gasteiger partial charge in [0.05, 0.1) is 12.6 Å². The molecule has 1 saturated heterocycles. The van der Waals surface area contributed by atoms with Gasteiger partial charge in [-0.2, -0.15) is 0 Å². The van der Waals surface area contributed by atoms with E-state index in [1.165, 1.54) is 5.56 Å². The molecule has 2 rings (SSSR count). The van der Waals surface area contributed by atoms with Gasteiger partial charge in [-0.05, 0) is 12.5 Å². The molecule has 4 heteroatoms. The first-order valence-electron chi connectivity index (χ1n) is 6.73. The minimum absolute atomic E-state index is 0.394. The van der Waals surface area contributed by atoms with Crippen LogP contribution in [0.1, 0.15) is 18.5 Å². The summed E-state index contributed by atoms with van der Waals surface area (Å²) in [5.41, 5.74) is 7.95. The van der Waals surface area contributed by atoms with Crippen LogP contribution in [0.5, 0.6) is 0 Å². The van der Waals surface area contributed by atoms with Gasteiger partial charge in [-0.3, -0.25) is 5.43 Å². The SMILES string of the molecule is CCOCCNCC1CNNC1c1ccccc1. The Bertz CT molecular complexity index is 331. The molecule has 4 nitrogen and oxygen atoms in total. The normalized spacial score (nSPS) is 23.4. The molecule has 2 unspecified atom stereocenters. The van der Waals surface area contributed by atoms with Crippen molar-refractivity contribution in [3.63, 3.8) is 0 Å². The molecule has 1 aliphatic heterocycles. The highest BCUT2D eigenvalue weighted by molar-refractivity contribution is 5.20. The third-order valence-electron chi connectivity index (χ3n) is 3.29. The Balaban J connectivity index is 1.77. The minimum Gasteiger partial charge on any atom is -0.380 e. The Hall–Kier alpha value is -0.940. The van der Waals surface area contributed by atoms with Crippen LogP contribution < -0.4 is 16.2 Å². The number of nitrogens with one attached hydrogen (secondary N) is 3. The summed E-state index contributed by atoms with van der Waals surface area (Å²) in [5, 5.41) is 3.46. The molecule has 0 spiro atoms. The summed E-state index contributed by atoms with van der Waals surface area (Å²) in [6, 6.07) is 11.0. The van der Waals surface area contributed by atoms with E-state index < -0.39 is 0 Å². The number of rotatable bonds is 7. The molecule has 18 heavy (non-hydrogen) atoms. The van der Waals surface area contributed by atoms with Gasteiger partial charge in [-0.15, -0.1) is 0 Å². The van der Waals surface area contributed by atoms with Crippen LogP contribution in [0.3, 0.4) is 0 Å². The summed E-state index contributed by atoms with van der Waals surface area (Å²) >= 11 is 0. The quantitative estimate of drug-likeness (QED) is 0.633. The van der Waals surface area contributed by atoms with E-state index in [4.69, 9.17) is 4.74 Å². The lowest BCUT2D eigenvalue weighted by atomic mass is 9.95. The fourth-order valence-electron chi connectivity index (χ4n) is 2.32. The number of hydrazine groups is 1. The van der Waals surface area contributed by atoms with E-state index >= 15 is 0 Å². The summed E-state index contributed by atoms with van der Waals surface area (Å²) in [6.45, 7) is 6.54. The number of hydrogen-bond donors (Lipinski definition) is 3. The zero-order valence-corrected chi connectivity index (χ0v) is 11.0. The van der Waals surface area contributed by atoms with Crippen LogP contribution in [0.25, 0.3) is 0 Å². The van der Waals surface area contributed by atoms with Gasteiger partial charge in [0.1, 0.15) is 0 Å². The van der Waals surface area contributed by atoms with Crippen LogP contribution in [0.2, 0.25) is 0 Å². The third kappa shape index (κ3) is 3.78. The molecule has 1 aromatic rings. The Morgan fingerprint density at radius 3 is 2.94 bits per heavy atom. The summed E-state index contributed by atoms with van der Waals surface area (Å²) in [7, 11) is 0. The Kier molecular flexibility index (Phi) is 5.61. The van der Waals surface area contributed by atoms with Crippen molar-refractivity contribution in [1.29, 1.82) is 0 Å². The molecule has 0 aromatic heterocycles. The van der Waals surface area contributed by atoms with Crippen molar-refractivity contribution in [3.8, 4) is 0 Å². The first kappa shape index (κ1) is 13.5. The lowest BCUT2D eigenvalue weighted by Crippen LogP contribution is -2.30. The van der Waals surface area contributed by atoms with E-state index in [9.17, 15) is 0 Å². The second-order valence-electron chi connectivity index (χ2n) is 4.57. The second kappa shape index (κ2) is 7.48. The standard InChI is InChI=1S/C14H23N3O/c1-2-18-9-8-15-10-13-11-16-17-14(13)12-6-4-3-5-7-12/h3-7,13-17H,2,8-11H2,1H3. The summed E-state index contributed by atoms with van der Waals surface area (Å²) < 4.78 is 5.32. The van der Waals surface area contributed by atoms with Crippen molar-refractivity contribution in [3.05, 3.63) is 35.9 Å². The van der Waals surface area contributed by atoms with Gasteiger partial charge in [0.25, 0.3) is 0 Å². The molecule has 100 valence electrons. The van der Waals surface area contributed by atoms with Gasteiger partial charge in [0.15, 0.2) is 0 Å². The maximum absolute atomic E-state index is 5.32. The molecule has 0 aliphatic carbocycles. The highest BCUT2D eigenvalue weighted by Gasteiger charge is 2.27. The fourth-order valence-corrected chi connectivity index (χ4v) is 2.32. The van der Waals surface area contributed by atoms with Gasteiger partial charge in [0.2, 0.25) is 0 Å². The van der Waals surface area contributed by atoms with Crippen molar-refractivity contribution in [1.82, 2.24) is 16.2 Å². The summed E-state index contributed by atoms with van der Waals surface area (Å²) in [6.07, 6.45) is 0. The third-order valence-corrected chi connectivity index (χ3v) is 3.29. The molecule has 1 aliphatic rings. The zero-order valence-electron chi connectivity index (χ0n) is 11.0. The minimum atomic E-state index is 0.394. The predicted molar refractivity (Wildman–Crippen MR) is 73.2 cm³/mol. The van der Waals surface area contributed by atoms with Gasteiger partial charge in [-0.25, -0.2) is 5.43 Å². The van der Waals surface area contributed by atoms with Crippen LogP contribution >= 0.6 is 0 Å². The number of benzene rings is 1. The summed E-state index contributed by atoms with van der Waals surface area (Å²) in [4.78, 5) is 0. The molecule has 2 atom stereocenters. The zero-order chi connectivity index (χ0) is 12.6. The molecule has 1 fully saturated rings. The van der Waals surface area contributed by atoms with Crippen LogP contribution in [-0.2, 0) is 4.74 Å². The lowest BCUT2D eigenvalue weighted by molar-refractivity contribution is 0.148. The molecule has 3 N–H and O–H groups in total. The molecule has 0 bridgehead atoms. The Morgan fingerprint density at radius 2 is 2.17 bits per heavy atom. The molecule has 1 aromatic carbocycles. The van der Waals surface area contributed by atoms with Crippen molar-refractivity contribution < 1.29 is 4.74 Å². The molecule has 0 amide bonds. The van der Waals surface area contributed by atoms with Crippen molar-refractivity contribution in [2.45, 2.75) is 13.0 Å². The van der Waals surface area contributed by atoms with Crippen molar-refractivity contribution >= 4 is 0 Å². The average Bonchev–Trinajstić information content (AvgIpc) is 2.88. The maximum Gasteiger partial charge on any atom is 0.0590 e. The van der Waals surface area contributed by atoms with Gasteiger partial charge in [-0.1, -0.05) is 30.3 Å². The maximum atomic E-state index is 5.32. The molecule has 1 heterocycles. The van der Waals surface area contributed by atoms with Crippen molar-refractivity contribution in [2.24, 2.45) is 5.92 Å². The van der Waals surface area contributed by atoms with E-state index in [1.54, 1.807) is 0 Å². The summed E-state index contributed by atoms with van der Waals surface area (Å²) in [5.74, 6) is 0.578. The molecular formula is C14H23N3O. The van der Waals surface area contributed by atoms with Gasteiger partial charge >= 0.3 is 0 Å².